The predicted molar refractivity (Wildman–Crippen MR) is 111 cm³/mol. The van der Waals surface area contributed by atoms with Crippen molar-refractivity contribution < 1.29 is 9.90 Å². The summed E-state index contributed by atoms with van der Waals surface area (Å²) >= 11 is 6.26. The van der Waals surface area contributed by atoms with E-state index < -0.39 is 0 Å². The lowest BCUT2D eigenvalue weighted by atomic mass is 10.0. The van der Waals surface area contributed by atoms with Crippen molar-refractivity contribution in [2.45, 2.75) is 27.7 Å². The summed E-state index contributed by atoms with van der Waals surface area (Å²) in [4.78, 5) is 12.4. The number of para-hydroxylation sites is 1. The largest absolute Gasteiger partial charge is 0.508 e. The van der Waals surface area contributed by atoms with Gasteiger partial charge in [-0.2, -0.15) is 0 Å². The maximum Gasteiger partial charge on any atom is 0.323 e. The number of rotatable bonds is 2. The Kier molecular flexibility index (Phi) is 6.47. The molecule has 3 rings (SSSR count). The van der Waals surface area contributed by atoms with Crippen LogP contribution in [0.3, 0.4) is 0 Å². The predicted octanol–water partition coefficient (Wildman–Crippen LogP) is 6.49. The Bertz CT molecular complexity index is 939. The van der Waals surface area contributed by atoms with E-state index in [-0.39, 0.29) is 11.8 Å². The van der Waals surface area contributed by atoms with E-state index in [9.17, 15) is 9.90 Å². The molecule has 0 spiro atoms. The summed E-state index contributed by atoms with van der Waals surface area (Å²) in [6.07, 6.45) is 0. The number of anilines is 2. The number of hydrogen-bond acceptors (Lipinski definition) is 2. The van der Waals surface area contributed by atoms with Gasteiger partial charge in [0.25, 0.3) is 0 Å². The fraction of sp³-hybridized carbons (Fsp3) is 0.190. The monoisotopic (exact) mass is 370 g/mol. The zero-order valence-electron chi connectivity index (χ0n) is 15.4. The highest BCUT2D eigenvalue weighted by Crippen LogP contribution is 2.35. The van der Waals surface area contributed by atoms with Crippen molar-refractivity contribution >= 4 is 39.8 Å². The Morgan fingerprint density at radius 1 is 0.923 bits per heavy atom. The summed E-state index contributed by atoms with van der Waals surface area (Å²) in [6, 6.07) is 13.9. The van der Waals surface area contributed by atoms with Gasteiger partial charge in [-0.15, -0.1) is 0 Å². The van der Waals surface area contributed by atoms with E-state index in [1.165, 1.54) is 0 Å². The Hall–Kier alpha value is -2.72. The van der Waals surface area contributed by atoms with Gasteiger partial charge >= 0.3 is 6.03 Å². The van der Waals surface area contributed by atoms with Crippen molar-refractivity contribution in [2.24, 2.45) is 0 Å². The number of benzene rings is 3. The van der Waals surface area contributed by atoms with Gasteiger partial charge in [-0.3, -0.25) is 0 Å². The summed E-state index contributed by atoms with van der Waals surface area (Å²) in [6.45, 7) is 7.79. The fourth-order valence-electron chi connectivity index (χ4n) is 2.65. The topological polar surface area (TPSA) is 61.4 Å². The SMILES string of the molecule is CC.Cc1ccccc1NC(=O)Nc1c(C)cc(Cl)c2ccc(O)cc12. The van der Waals surface area contributed by atoms with Gasteiger partial charge in [0.15, 0.2) is 0 Å². The summed E-state index contributed by atoms with van der Waals surface area (Å²) < 4.78 is 0. The molecular formula is C21H23ClN2O2. The Morgan fingerprint density at radius 2 is 1.62 bits per heavy atom. The lowest BCUT2D eigenvalue weighted by molar-refractivity contribution is 0.262. The third kappa shape index (κ3) is 4.27. The molecule has 0 bridgehead atoms. The van der Waals surface area contributed by atoms with Crippen LogP contribution in [0.2, 0.25) is 5.02 Å². The van der Waals surface area contributed by atoms with Gasteiger partial charge in [-0.05, 0) is 55.3 Å². The first kappa shape index (κ1) is 19.6. The molecule has 3 aromatic carbocycles. The van der Waals surface area contributed by atoms with Gasteiger partial charge in [0, 0.05) is 21.5 Å². The second-order valence-electron chi connectivity index (χ2n) is 5.67. The van der Waals surface area contributed by atoms with Crippen LogP contribution in [0.1, 0.15) is 25.0 Å². The molecule has 0 unspecified atom stereocenters. The number of aromatic hydroxyl groups is 1. The van der Waals surface area contributed by atoms with Gasteiger partial charge in [0.1, 0.15) is 5.75 Å². The van der Waals surface area contributed by atoms with E-state index in [0.29, 0.717) is 16.1 Å². The molecule has 136 valence electrons. The van der Waals surface area contributed by atoms with Crippen molar-refractivity contribution in [3.05, 3.63) is 64.7 Å². The molecule has 3 aromatic rings. The quantitative estimate of drug-likeness (QED) is 0.483. The Labute approximate surface area is 158 Å². The number of carbonyl (C=O) groups is 1. The number of phenolic OH excluding ortho intramolecular Hbond substituents is 1. The average Bonchev–Trinajstić information content (AvgIpc) is 2.62. The number of aryl methyl sites for hydroxylation is 2. The van der Waals surface area contributed by atoms with Crippen LogP contribution in [0, 0.1) is 13.8 Å². The number of carbonyl (C=O) groups excluding carboxylic acids is 1. The molecule has 0 aromatic heterocycles. The van der Waals surface area contributed by atoms with Crippen molar-refractivity contribution in [1.29, 1.82) is 0 Å². The maximum atomic E-state index is 12.4. The van der Waals surface area contributed by atoms with E-state index in [2.05, 4.69) is 10.6 Å². The molecular weight excluding hydrogens is 348 g/mol. The molecule has 4 nitrogen and oxygen atoms in total. The Balaban J connectivity index is 0.00000117. The zero-order valence-corrected chi connectivity index (χ0v) is 16.1. The number of fused-ring (bicyclic) bond motifs is 1. The molecule has 0 aliphatic rings. The van der Waals surface area contributed by atoms with E-state index in [1.807, 2.05) is 52.0 Å². The summed E-state index contributed by atoms with van der Waals surface area (Å²) in [5.41, 5.74) is 3.16. The van der Waals surface area contributed by atoms with Crippen LogP contribution < -0.4 is 10.6 Å². The van der Waals surface area contributed by atoms with Gasteiger partial charge in [-0.25, -0.2) is 4.79 Å². The van der Waals surface area contributed by atoms with E-state index >= 15 is 0 Å². The second kappa shape index (κ2) is 8.59. The number of nitrogens with one attached hydrogen (secondary N) is 2. The average molecular weight is 371 g/mol. The molecule has 26 heavy (non-hydrogen) atoms. The van der Waals surface area contributed by atoms with Crippen LogP contribution in [-0.4, -0.2) is 11.1 Å². The third-order valence-electron chi connectivity index (χ3n) is 3.90. The van der Waals surface area contributed by atoms with Crippen LogP contribution in [0.4, 0.5) is 16.2 Å². The fourth-order valence-corrected chi connectivity index (χ4v) is 2.97. The van der Waals surface area contributed by atoms with E-state index in [0.717, 1.165) is 22.2 Å². The number of phenols is 1. The number of urea groups is 1. The molecule has 0 heterocycles. The second-order valence-corrected chi connectivity index (χ2v) is 6.08. The molecule has 0 aliphatic heterocycles. The molecule has 0 radical (unpaired) electrons. The van der Waals surface area contributed by atoms with Gasteiger partial charge in [0.05, 0.1) is 5.69 Å². The molecule has 0 saturated heterocycles. The highest BCUT2D eigenvalue weighted by Gasteiger charge is 2.13. The van der Waals surface area contributed by atoms with Gasteiger partial charge in [0.2, 0.25) is 0 Å². The van der Waals surface area contributed by atoms with Crippen molar-refractivity contribution in [3.63, 3.8) is 0 Å². The minimum atomic E-state index is -0.348. The van der Waals surface area contributed by atoms with Crippen molar-refractivity contribution in [1.82, 2.24) is 0 Å². The van der Waals surface area contributed by atoms with Crippen LogP contribution >= 0.6 is 11.6 Å². The van der Waals surface area contributed by atoms with Crippen molar-refractivity contribution in [3.8, 4) is 5.75 Å². The summed E-state index contributed by atoms with van der Waals surface area (Å²) in [7, 11) is 0. The van der Waals surface area contributed by atoms with E-state index in [1.54, 1.807) is 24.3 Å². The molecule has 2 amide bonds. The van der Waals surface area contributed by atoms with Crippen LogP contribution in [-0.2, 0) is 0 Å². The lowest BCUT2D eigenvalue weighted by Gasteiger charge is -2.15. The van der Waals surface area contributed by atoms with E-state index in [4.69, 9.17) is 11.6 Å². The normalized spacial score (nSPS) is 10.0. The smallest absolute Gasteiger partial charge is 0.323 e. The van der Waals surface area contributed by atoms with Gasteiger partial charge < -0.3 is 15.7 Å². The van der Waals surface area contributed by atoms with Crippen molar-refractivity contribution in [2.75, 3.05) is 10.6 Å². The minimum Gasteiger partial charge on any atom is -0.508 e. The van der Waals surface area contributed by atoms with Gasteiger partial charge in [-0.1, -0.05) is 43.6 Å². The lowest BCUT2D eigenvalue weighted by Crippen LogP contribution is -2.20. The maximum absolute atomic E-state index is 12.4. The molecule has 0 saturated carbocycles. The molecule has 5 heteroatoms. The van der Waals surface area contributed by atoms with Crippen LogP contribution in [0.15, 0.2) is 48.5 Å². The highest BCUT2D eigenvalue weighted by molar-refractivity contribution is 6.36. The third-order valence-corrected chi connectivity index (χ3v) is 4.21. The molecule has 3 N–H and O–H groups in total. The first-order valence-electron chi connectivity index (χ1n) is 8.51. The van der Waals surface area contributed by atoms with Crippen LogP contribution in [0.5, 0.6) is 5.75 Å². The minimum absolute atomic E-state index is 0.117. The highest BCUT2D eigenvalue weighted by atomic mass is 35.5. The zero-order chi connectivity index (χ0) is 19.3. The Morgan fingerprint density at radius 3 is 2.31 bits per heavy atom. The number of hydrogen-bond donors (Lipinski definition) is 3. The molecule has 0 aliphatic carbocycles. The number of halogens is 1. The first-order valence-corrected chi connectivity index (χ1v) is 8.89. The summed E-state index contributed by atoms with van der Waals surface area (Å²) in [5, 5.41) is 17.5. The first-order chi connectivity index (χ1) is 12.5. The molecule has 0 fully saturated rings. The van der Waals surface area contributed by atoms with Crippen LogP contribution in [0.25, 0.3) is 10.8 Å². The number of amides is 2. The standard InChI is InChI=1S/C19H17ClN2O2.C2H6/c1-11-5-3-4-6-17(11)21-19(24)22-18-12(2)9-16(20)14-8-7-13(23)10-15(14)18;1-2/h3-10,23H,1-2H3,(H2,21,22,24);1-2H3. The molecule has 0 atom stereocenters. The summed E-state index contributed by atoms with van der Waals surface area (Å²) in [5.74, 6) is 0.117.